The third-order valence-corrected chi connectivity index (χ3v) is 2.54. The van der Waals surface area contributed by atoms with Crippen LogP contribution in [-0.4, -0.2) is 22.3 Å². The summed E-state index contributed by atoms with van der Waals surface area (Å²) in [7, 11) is 0. The molecular weight excluding hydrogens is 292 g/mol. The van der Waals surface area contributed by atoms with Crippen LogP contribution in [0.2, 0.25) is 0 Å². The number of carbonyl (C=O) groups is 2. The number of aldehydes is 1. The Morgan fingerprint density at radius 3 is 2.65 bits per heavy atom. The monoisotopic (exact) mass is 296 g/mol. The number of nitrogens with zero attached hydrogens (tertiary/aromatic N) is 2. The molecule has 0 N–H and O–H groups in total. The normalized spacial score (nSPS) is 9.41. The summed E-state index contributed by atoms with van der Waals surface area (Å²) in [5, 5.41) is 19.4. The van der Waals surface area contributed by atoms with Crippen molar-refractivity contribution in [1.82, 2.24) is 0 Å². The van der Waals surface area contributed by atoms with E-state index >= 15 is 0 Å². The molecule has 0 fully saturated rings. The predicted octanol–water partition coefficient (Wildman–Crippen LogP) is 1.86. The molecule has 6 nitrogen and oxygen atoms in total. The molecule has 1 rings (SSSR count). The topological polar surface area (TPSA) is 101 Å². The standard InChI is InChI=1S/C10H5BrN2O4/c11-3-10(15)8-1-7(5-14)9(13(16)17)2-6(8)4-12/h1-2,5H,3H2. The zero-order valence-corrected chi connectivity index (χ0v) is 9.93. The third-order valence-electron chi connectivity index (χ3n) is 2.03. The average molecular weight is 297 g/mol. The second-order valence-corrected chi connectivity index (χ2v) is 3.56. The zero-order chi connectivity index (χ0) is 13.0. The van der Waals surface area contributed by atoms with E-state index < -0.39 is 16.4 Å². The highest BCUT2D eigenvalue weighted by molar-refractivity contribution is 9.09. The van der Waals surface area contributed by atoms with Gasteiger partial charge in [0, 0.05) is 11.6 Å². The molecule has 86 valence electrons. The minimum Gasteiger partial charge on any atom is -0.298 e. The number of benzene rings is 1. The van der Waals surface area contributed by atoms with Crippen LogP contribution in [-0.2, 0) is 0 Å². The SMILES string of the molecule is N#Cc1cc([N+](=O)[O-])c(C=O)cc1C(=O)CBr. The van der Waals surface area contributed by atoms with Gasteiger partial charge in [0.1, 0.15) is 6.07 Å². The van der Waals surface area contributed by atoms with Crippen molar-refractivity contribution in [2.45, 2.75) is 0 Å². The summed E-state index contributed by atoms with van der Waals surface area (Å²) in [5.74, 6) is -0.417. The fourth-order valence-corrected chi connectivity index (χ4v) is 1.55. The summed E-state index contributed by atoms with van der Waals surface area (Å²) in [6.07, 6.45) is 0.282. The Morgan fingerprint density at radius 2 is 2.24 bits per heavy atom. The zero-order valence-electron chi connectivity index (χ0n) is 8.34. The first kappa shape index (κ1) is 13.0. The van der Waals surface area contributed by atoms with Crippen LogP contribution in [0.15, 0.2) is 12.1 Å². The van der Waals surface area contributed by atoms with E-state index in [4.69, 9.17) is 5.26 Å². The molecule has 0 bridgehead atoms. The largest absolute Gasteiger partial charge is 0.298 e. The molecule has 7 heteroatoms. The molecule has 0 amide bonds. The molecule has 0 saturated heterocycles. The van der Waals surface area contributed by atoms with Crippen molar-refractivity contribution >= 4 is 33.7 Å². The predicted molar refractivity (Wildman–Crippen MR) is 61.3 cm³/mol. The van der Waals surface area contributed by atoms with Gasteiger partial charge in [-0.15, -0.1) is 0 Å². The molecule has 0 saturated carbocycles. The molecule has 0 aliphatic carbocycles. The van der Waals surface area contributed by atoms with Gasteiger partial charge < -0.3 is 0 Å². The molecule has 1 aromatic carbocycles. The molecule has 17 heavy (non-hydrogen) atoms. The fraction of sp³-hybridized carbons (Fsp3) is 0.100. The Morgan fingerprint density at radius 1 is 1.59 bits per heavy atom. The van der Waals surface area contributed by atoms with E-state index in [1.807, 2.05) is 0 Å². The molecule has 0 aliphatic rings. The summed E-state index contributed by atoms with van der Waals surface area (Å²) in [6.45, 7) is 0. The van der Waals surface area contributed by atoms with E-state index in [0.717, 1.165) is 12.1 Å². The summed E-state index contributed by atoms with van der Waals surface area (Å²) >= 11 is 2.93. The van der Waals surface area contributed by atoms with Crippen molar-refractivity contribution in [3.05, 3.63) is 38.9 Å². The van der Waals surface area contributed by atoms with Crippen LogP contribution in [0.4, 0.5) is 5.69 Å². The maximum absolute atomic E-state index is 11.5. The lowest BCUT2D eigenvalue weighted by molar-refractivity contribution is -0.385. The van der Waals surface area contributed by atoms with Crippen LogP contribution in [0.25, 0.3) is 0 Å². The first-order valence-electron chi connectivity index (χ1n) is 4.32. The summed E-state index contributed by atoms with van der Waals surface area (Å²) < 4.78 is 0. The van der Waals surface area contributed by atoms with Crippen LogP contribution >= 0.6 is 15.9 Å². The maximum Gasteiger partial charge on any atom is 0.281 e. The quantitative estimate of drug-likeness (QED) is 0.277. The van der Waals surface area contributed by atoms with Gasteiger partial charge >= 0.3 is 0 Å². The number of nitro benzene ring substituents is 1. The van der Waals surface area contributed by atoms with Gasteiger partial charge in [0.25, 0.3) is 5.69 Å². The number of ketones is 1. The number of nitro groups is 1. The number of rotatable bonds is 4. The molecular formula is C10H5BrN2O4. The second kappa shape index (κ2) is 5.32. The number of hydrogen-bond acceptors (Lipinski definition) is 5. The lowest BCUT2D eigenvalue weighted by atomic mass is 10.0. The van der Waals surface area contributed by atoms with Gasteiger partial charge in [-0.1, -0.05) is 15.9 Å². The maximum atomic E-state index is 11.5. The fourth-order valence-electron chi connectivity index (χ4n) is 1.25. The Hall–Kier alpha value is -2.07. The van der Waals surface area contributed by atoms with Crippen molar-refractivity contribution in [3.63, 3.8) is 0 Å². The Balaban J connectivity index is 3.55. The van der Waals surface area contributed by atoms with Gasteiger partial charge in [-0.2, -0.15) is 5.26 Å². The third kappa shape index (κ3) is 2.54. The van der Waals surface area contributed by atoms with Gasteiger partial charge in [0.2, 0.25) is 0 Å². The van der Waals surface area contributed by atoms with Gasteiger partial charge in [-0.3, -0.25) is 19.7 Å². The smallest absolute Gasteiger partial charge is 0.281 e. The summed E-state index contributed by atoms with van der Waals surface area (Å²) in [6, 6.07) is 3.69. The number of nitriles is 1. The Bertz CT molecular complexity index is 548. The number of hydrogen-bond donors (Lipinski definition) is 0. The minimum absolute atomic E-state index is 0.00271. The van der Waals surface area contributed by atoms with E-state index in [9.17, 15) is 19.7 Å². The number of alkyl halides is 1. The molecule has 0 radical (unpaired) electrons. The van der Waals surface area contributed by atoms with Gasteiger partial charge in [-0.25, -0.2) is 0 Å². The summed E-state index contributed by atoms with van der Waals surface area (Å²) in [5.41, 5.74) is -0.829. The average Bonchev–Trinajstić information content (AvgIpc) is 2.35. The molecule has 0 heterocycles. The lowest BCUT2D eigenvalue weighted by Gasteiger charge is -2.02. The Labute approximate surface area is 104 Å². The van der Waals surface area contributed by atoms with Crippen molar-refractivity contribution in [1.29, 1.82) is 5.26 Å². The van der Waals surface area contributed by atoms with Crippen LogP contribution in [0.3, 0.4) is 0 Å². The van der Waals surface area contributed by atoms with Crippen molar-refractivity contribution in [2.24, 2.45) is 0 Å². The number of halogens is 1. The van der Waals surface area contributed by atoms with E-state index in [-0.39, 0.29) is 28.3 Å². The highest BCUT2D eigenvalue weighted by Gasteiger charge is 2.20. The number of carbonyl (C=O) groups excluding carboxylic acids is 2. The van der Waals surface area contributed by atoms with Crippen molar-refractivity contribution < 1.29 is 14.5 Å². The highest BCUT2D eigenvalue weighted by Crippen LogP contribution is 2.22. The first-order chi connectivity index (χ1) is 8.04. The van der Waals surface area contributed by atoms with Crippen LogP contribution in [0.1, 0.15) is 26.3 Å². The second-order valence-electron chi connectivity index (χ2n) is 3.00. The summed E-state index contributed by atoms with van der Waals surface area (Å²) in [4.78, 5) is 32.0. The van der Waals surface area contributed by atoms with Crippen LogP contribution in [0.5, 0.6) is 0 Å². The Kier molecular flexibility index (Phi) is 4.06. The molecule has 0 spiro atoms. The van der Waals surface area contributed by atoms with Crippen LogP contribution < -0.4 is 0 Å². The van der Waals surface area contributed by atoms with Crippen LogP contribution in [0, 0.1) is 21.4 Å². The van der Waals surface area contributed by atoms with E-state index in [0.29, 0.717) is 0 Å². The van der Waals surface area contributed by atoms with E-state index in [1.165, 1.54) is 0 Å². The van der Waals surface area contributed by atoms with E-state index in [2.05, 4.69) is 15.9 Å². The lowest BCUT2D eigenvalue weighted by Crippen LogP contribution is -2.06. The van der Waals surface area contributed by atoms with Gasteiger partial charge in [-0.05, 0) is 6.07 Å². The molecule has 0 atom stereocenters. The van der Waals surface area contributed by atoms with Gasteiger partial charge in [0.15, 0.2) is 12.1 Å². The number of Topliss-reactive ketones (excluding diaryl/α,β-unsaturated/α-hetero) is 1. The molecule has 0 aliphatic heterocycles. The van der Waals surface area contributed by atoms with Gasteiger partial charge in [0.05, 0.1) is 21.4 Å². The van der Waals surface area contributed by atoms with Crippen molar-refractivity contribution in [2.75, 3.05) is 5.33 Å². The minimum atomic E-state index is -0.771. The molecule has 0 unspecified atom stereocenters. The molecule has 0 aromatic heterocycles. The first-order valence-corrected chi connectivity index (χ1v) is 5.44. The highest BCUT2D eigenvalue weighted by atomic mass is 79.9. The van der Waals surface area contributed by atoms with Crippen molar-refractivity contribution in [3.8, 4) is 6.07 Å². The molecule has 1 aromatic rings. The van der Waals surface area contributed by atoms with E-state index in [1.54, 1.807) is 6.07 Å².